The Balaban J connectivity index is 1.43. The number of amides is 2. The van der Waals surface area contributed by atoms with E-state index in [0.29, 0.717) is 29.4 Å². The molecule has 2 amide bonds. The number of carbonyl (C=O) groups is 2. The SMILES string of the molecule is CC(C)(C)c1noc(CCCC(=O)NNC(=O)c2ccc(-c3ccc(F)cc3)s2)n1. The van der Waals surface area contributed by atoms with Crippen molar-refractivity contribution in [2.45, 2.75) is 45.4 Å². The summed E-state index contributed by atoms with van der Waals surface area (Å²) < 4.78 is 18.2. The molecule has 2 heterocycles. The molecule has 0 aliphatic heterocycles. The van der Waals surface area contributed by atoms with E-state index in [1.807, 2.05) is 20.8 Å². The Hall–Kier alpha value is -3.07. The normalized spacial score (nSPS) is 11.3. The summed E-state index contributed by atoms with van der Waals surface area (Å²) in [7, 11) is 0. The fourth-order valence-electron chi connectivity index (χ4n) is 2.54. The summed E-state index contributed by atoms with van der Waals surface area (Å²) in [4.78, 5) is 29.8. The number of aromatic nitrogens is 2. The first-order valence-electron chi connectivity index (χ1n) is 9.50. The van der Waals surface area contributed by atoms with Crippen LogP contribution in [0.2, 0.25) is 0 Å². The number of nitrogens with zero attached hydrogens (tertiary/aromatic N) is 2. The molecule has 0 radical (unpaired) electrons. The van der Waals surface area contributed by atoms with Crippen LogP contribution in [0, 0.1) is 5.82 Å². The van der Waals surface area contributed by atoms with E-state index < -0.39 is 5.91 Å². The van der Waals surface area contributed by atoms with E-state index in [1.54, 1.807) is 24.3 Å². The molecule has 7 nitrogen and oxygen atoms in total. The minimum atomic E-state index is -0.409. The van der Waals surface area contributed by atoms with Gasteiger partial charge in [0.2, 0.25) is 11.8 Å². The molecule has 3 rings (SSSR count). The highest BCUT2D eigenvalue weighted by Crippen LogP contribution is 2.28. The van der Waals surface area contributed by atoms with Crippen molar-refractivity contribution in [2.24, 2.45) is 0 Å². The minimum absolute atomic E-state index is 0.193. The maximum atomic E-state index is 13.0. The van der Waals surface area contributed by atoms with Gasteiger partial charge >= 0.3 is 0 Å². The fourth-order valence-corrected chi connectivity index (χ4v) is 3.45. The van der Waals surface area contributed by atoms with Crippen LogP contribution in [0.1, 0.15) is 55.0 Å². The van der Waals surface area contributed by atoms with E-state index in [0.717, 1.165) is 10.4 Å². The van der Waals surface area contributed by atoms with Crippen molar-refractivity contribution >= 4 is 23.2 Å². The minimum Gasteiger partial charge on any atom is -0.339 e. The first kappa shape index (κ1) is 21.6. The second kappa shape index (κ2) is 9.17. The molecule has 0 saturated heterocycles. The molecule has 0 aliphatic rings. The largest absolute Gasteiger partial charge is 0.339 e. The summed E-state index contributed by atoms with van der Waals surface area (Å²) in [6.07, 6.45) is 1.20. The molecule has 2 aromatic heterocycles. The zero-order chi connectivity index (χ0) is 21.7. The van der Waals surface area contributed by atoms with Crippen LogP contribution in [-0.2, 0) is 16.6 Å². The van der Waals surface area contributed by atoms with Gasteiger partial charge in [-0.25, -0.2) is 4.39 Å². The highest BCUT2D eigenvalue weighted by atomic mass is 32.1. The Kier molecular flexibility index (Phi) is 6.61. The Morgan fingerprint density at radius 3 is 2.50 bits per heavy atom. The topological polar surface area (TPSA) is 97.1 Å². The predicted molar refractivity (Wildman–Crippen MR) is 111 cm³/mol. The van der Waals surface area contributed by atoms with Crippen LogP contribution in [0.3, 0.4) is 0 Å². The molecule has 2 N–H and O–H groups in total. The van der Waals surface area contributed by atoms with Crippen molar-refractivity contribution in [3.8, 4) is 10.4 Å². The van der Waals surface area contributed by atoms with Gasteiger partial charge in [-0.15, -0.1) is 11.3 Å². The van der Waals surface area contributed by atoms with Crippen LogP contribution in [0.15, 0.2) is 40.9 Å². The van der Waals surface area contributed by atoms with E-state index in [-0.39, 0.29) is 23.6 Å². The van der Waals surface area contributed by atoms with E-state index >= 15 is 0 Å². The van der Waals surface area contributed by atoms with Crippen molar-refractivity contribution in [1.82, 2.24) is 21.0 Å². The molecule has 0 saturated carbocycles. The zero-order valence-electron chi connectivity index (χ0n) is 17.0. The van der Waals surface area contributed by atoms with Crippen molar-refractivity contribution in [1.29, 1.82) is 0 Å². The van der Waals surface area contributed by atoms with Gasteiger partial charge in [0, 0.05) is 23.1 Å². The number of hydrazine groups is 1. The number of halogens is 1. The standard InChI is InChI=1S/C21H23FN4O3S/c1-21(2,3)20-23-18(29-26-20)6-4-5-17(27)24-25-19(28)16-12-11-15(30-16)13-7-9-14(22)10-8-13/h7-12H,4-6H2,1-3H3,(H,24,27)(H,25,28). The fraction of sp³-hybridized carbons (Fsp3) is 0.333. The monoisotopic (exact) mass is 430 g/mol. The highest BCUT2D eigenvalue weighted by Gasteiger charge is 2.20. The third kappa shape index (κ3) is 5.73. The number of benzene rings is 1. The van der Waals surface area contributed by atoms with Gasteiger partial charge in [0.15, 0.2) is 5.82 Å². The Morgan fingerprint density at radius 1 is 1.10 bits per heavy atom. The van der Waals surface area contributed by atoms with Gasteiger partial charge in [-0.2, -0.15) is 4.98 Å². The van der Waals surface area contributed by atoms with Crippen molar-refractivity contribution in [3.05, 3.63) is 58.8 Å². The van der Waals surface area contributed by atoms with Crippen LogP contribution < -0.4 is 10.9 Å². The number of hydrogen-bond acceptors (Lipinski definition) is 6. The first-order valence-corrected chi connectivity index (χ1v) is 10.3. The Morgan fingerprint density at radius 2 is 1.83 bits per heavy atom. The molecular weight excluding hydrogens is 407 g/mol. The molecule has 9 heteroatoms. The lowest BCUT2D eigenvalue weighted by molar-refractivity contribution is -0.121. The number of thiophene rings is 1. The van der Waals surface area contributed by atoms with Crippen LogP contribution in [-0.4, -0.2) is 22.0 Å². The van der Waals surface area contributed by atoms with E-state index in [9.17, 15) is 14.0 Å². The zero-order valence-corrected chi connectivity index (χ0v) is 17.8. The summed E-state index contributed by atoms with van der Waals surface area (Å²) in [5.41, 5.74) is 5.44. The lowest BCUT2D eigenvalue weighted by Crippen LogP contribution is -2.41. The third-order valence-electron chi connectivity index (χ3n) is 4.21. The average Bonchev–Trinajstić information content (AvgIpc) is 3.36. The van der Waals surface area contributed by atoms with Gasteiger partial charge in [0.1, 0.15) is 5.82 Å². The van der Waals surface area contributed by atoms with Crippen molar-refractivity contribution in [2.75, 3.05) is 0 Å². The van der Waals surface area contributed by atoms with E-state index in [2.05, 4.69) is 21.0 Å². The molecule has 0 atom stereocenters. The number of hydrogen-bond donors (Lipinski definition) is 2. The first-order chi connectivity index (χ1) is 14.2. The Labute approximate surface area is 177 Å². The molecule has 0 spiro atoms. The molecule has 0 fully saturated rings. The summed E-state index contributed by atoms with van der Waals surface area (Å²) >= 11 is 1.26. The molecule has 158 valence electrons. The molecular formula is C21H23FN4O3S. The molecule has 3 aromatic rings. The second-order valence-corrected chi connectivity index (χ2v) is 8.87. The number of rotatable bonds is 6. The number of aryl methyl sites for hydroxylation is 1. The summed E-state index contributed by atoms with van der Waals surface area (Å²) in [5.74, 6) is 0.0845. The van der Waals surface area contributed by atoms with Crippen LogP contribution in [0.4, 0.5) is 4.39 Å². The Bertz CT molecular complexity index is 1020. The molecule has 1 aromatic carbocycles. The van der Waals surface area contributed by atoms with Gasteiger partial charge in [0.05, 0.1) is 4.88 Å². The maximum Gasteiger partial charge on any atom is 0.279 e. The van der Waals surface area contributed by atoms with Crippen LogP contribution >= 0.6 is 11.3 Å². The number of carbonyl (C=O) groups excluding carboxylic acids is 2. The van der Waals surface area contributed by atoms with Gasteiger partial charge < -0.3 is 4.52 Å². The van der Waals surface area contributed by atoms with Gasteiger partial charge in [-0.05, 0) is 36.2 Å². The third-order valence-corrected chi connectivity index (χ3v) is 5.34. The molecule has 30 heavy (non-hydrogen) atoms. The van der Waals surface area contributed by atoms with E-state index in [4.69, 9.17) is 4.52 Å². The predicted octanol–water partition coefficient (Wildman–Crippen LogP) is 4.02. The summed E-state index contributed by atoms with van der Waals surface area (Å²) in [6.45, 7) is 5.98. The van der Waals surface area contributed by atoms with E-state index in [1.165, 1.54) is 23.5 Å². The second-order valence-electron chi connectivity index (χ2n) is 7.79. The van der Waals surface area contributed by atoms with Crippen LogP contribution in [0.5, 0.6) is 0 Å². The molecule has 0 bridgehead atoms. The van der Waals surface area contributed by atoms with Crippen molar-refractivity contribution < 1.29 is 18.5 Å². The average molecular weight is 431 g/mol. The summed E-state index contributed by atoms with van der Waals surface area (Å²) in [5, 5.41) is 3.95. The molecule has 0 aliphatic carbocycles. The quantitative estimate of drug-likeness (QED) is 0.576. The lowest BCUT2D eigenvalue weighted by atomic mass is 9.96. The summed E-state index contributed by atoms with van der Waals surface area (Å²) in [6, 6.07) is 9.48. The number of nitrogens with one attached hydrogen (secondary N) is 2. The van der Waals surface area contributed by atoms with Gasteiger partial charge in [-0.1, -0.05) is 38.1 Å². The van der Waals surface area contributed by atoms with Gasteiger partial charge in [0.25, 0.3) is 5.91 Å². The molecule has 0 unspecified atom stereocenters. The van der Waals surface area contributed by atoms with Crippen molar-refractivity contribution in [3.63, 3.8) is 0 Å². The van der Waals surface area contributed by atoms with Crippen LogP contribution in [0.25, 0.3) is 10.4 Å². The van der Waals surface area contributed by atoms with Gasteiger partial charge in [-0.3, -0.25) is 20.4 Å². The smallest absolute Gasteiger partial charge is 0.279 e. The lowest BCUT2D eigenvalue weighted by Gasteiger charge is -2.10. The maximum absolute atomic E-state index is 13.0. The highest BCUT2D eigenvalue weighted by molar-refractivity contribution is 7.17.